The van der Waals surface area contributed by atoms with Crippen LogP contribution in [0.1, 0.15) is 53.4 Å². The molecule has 130 valence electrons. The van der Waals surface area contributed by atoms with Gasteiger partial charge in [-0.05, 0) is 38.5 Å². The molecule has 7 heteroatoms. The van der Waals surface area contributed by atoms with Crippen LogP contribution in [0, 0.1) is 5.92 Å². The van der Waals surface area contributed by atoms with Crippen molar-refractivity contribution in [2.75, 3.05) is 18.4 Å². The van der Waals surface area contributed by atoms with Crippen LogP contribution in [-0.2, 0) is 4.79 Å². The molecule has 1 aromatic rings. The number of amides is 1. The van der Waals surface area contributed by atoms with Crippen molar-refractivity contribution in [1.29, 1.82) is 0 Å². The lowest BCUT2D eigenvalue weighted by atomic mass is 10.00. The van der Waals surface area contributed by atoms with Gasteiger partial charge in [0.25, 0.3) is 0 Å². The van der Waals surface area contributed by atoms with E-state index in [1.54, 1.807) is 0 Å². The first-order chi connectivity index (χ1) is 11.0. The van der Waals surface area contributed by atoms with Gasteiger partial charge in [-0.25, -0.2) is 0 Å². The van der Waals surface area contributed by atoms with Crippen molar-refractivity contribution >= 4 is 34.1 Å². The molecule has 2 unspecified atom stereocenters. The number of hydrogen-bond donors (Lipinski definition) is 1. The third-order valence-corrected chi connectivity index (χ3v) is 6.13. The molecule has 1 aliphatic rings. The number of anilines is 1. The maximum Gasteiger partial charge on any atom is 0.236 e. The van der Waals surface area contributed by atoms with Crippen LogP contribution in [0.3, 0.4) is 0 Å². The molecule has 0 saturated carbocycles. The van der Waals surface area contributed by atoms with E-state index in [1.807, 2.05) is 6.92 Å². The molecule has 0 spiro atoms. The van der Waals surface area contributed by atoms with Crippen molar-refractivity contribution in [3.05, 3.63) is 0 Å². The summed E-state index contributed by atoms with van der Waals surface area (Å²) in [5.74, 6) is 0.814. The highest BCUT2D eigenvalue weighted by atomic mass is 32.2. The number of nitrogens with one attached hydrogen (secondary N) is 1. The summed E-state index contributed by atoms with van der Waals surface area (Å²) in [7, 11) is 0. The number of rotatable bonds is 7. The number of hydrogen-bond acceptors (Lipinski definition) is 6. The Hall–Kier alpha value is -0.820. The topological polar surface area (TPSA) is 58.1 Å². The summed E-state index contributed by atoms with van der Waals surface area (Å²) in [6, 6.07) is 0.414. The maximum atomic E-state index is 12.7. The van der Waals surface area contributed by atoms with Crippen LogP contribution in [0.25, 0.3) is 0 Å². The first-order valence-electron chi connectivity index (χ1n) is 8.55. The van der Waals surface area contributed by atoms with E-state index in [-0.39, 0.29) is 11.2 Å². The number of nitrogens with zero attached hydrogens (tertiary/aromatic N) is 3. The van der Waals surface area contributed by atoms with Gasteiger partial charge in [-0.15, -0.1) is 10.2 Å². The number of aromatic nitrogens is 2. The molecule has 23 heavy (non-hydrogen) atoms. The first-order valence-corrected chi connectivity index (χ1v) is 10.2. The third kappa shape index (κ3) is 5.35. The maximum absolute atomic E-state index is 12.7. The number of piperidine rings is 1. The average molecular weight is 357 g/mol. The van der Waals surface area contributed by atoms with E-state index < -0.39 is 0 Å². The number of carbonyl (C=O) groups excluding carboxylic acids is 1. The Kier molecular flexibility index (Phi) is 7.14. The van der Waals surface area contributed by atoms with Crippen LogP contribution in [0.5, 0.6) is 0 Å². The smallest absolute Gasteiger partial charge is 0.236 e. The van der Waals surface area contributed by atoms with E-state index in [0.717, 1.165) is 41.8 Å². The Balaban J connectivity index is 1.90. The Morgan fingerprint density at radius 1 is 1.39 bits per heavy atom. The van der Waals surface area contributed by atoms with E-state index in [4.69, 9.17) is 0 Å². The summed E-state index contributed by atoms with van der Waals surface area (Å²) < 4.78 is 0.863. The summed E-state index contributed by atoms with van der Waals surface area (Å²) in [6.07, 6.45) is 4.56. The standard InChI is InChI=1S/C16H28N4OS2/c1-5-13-8-6-7-9-20(13)14(21)12(4)22-16-19-18-15(23-16)17-10-11(2)3/h11-13H,5-10H2,1-4H3,(H,17,18). The zero-order chi connectivity index (χ0) is 16.8. The van der Waals surface area contributed by atoms with Crippen LogP contribution in [0.15, 0.2) is 4.34 Å². The molecule has 2 rings (SSSR count). The van der Waals surface area contributed by atoms with Gasteiger partial charge in [0.2, 0.25) is 11.0 Å². The van der Waals surface area contributed by atoms with Crippen LogP contribution >= 0.6 is 23.1 Å². The van der Waals surface area contributed by atoms with Gasteiger partial charge in [-0.1, -0.05) is 43.9 Å². The summed E-state index contributed by atoms with van der Waals surface area (Å²) >= 11 is 3.06. The van der Waals surface area contributed by atoms with Crippen molar-refractivity contribution < 1.29 is 4.79 Å². The molecule has 0 bridgehead atoms. The largest absolute Gasteiger partial charge is 0.360 e. The summed E-state index contributed by atoms with van der Waals surface area (Å²) in [4.78, 5) is 14.8. The lowest BCUT2D eigenvalue weighted by Gasteiger charge is -2.36. The average Bonchev–Trinajstić information content (AvgIpc) is 2.99. The molecule has 1 aliphatic heterocycles. The molecule has 2 atom stereocenters. The number of likely N-dealkylation sites (tertiary alicyclic amines) is 1. The predicted molar refractivity (Wildman–Crippen MR) is 98.2 cm³/mol. The SMILES string of the molecule is CCC1CCCCN1C(=O)C(C)Sc1nnc(NCC(C)C)s1. The highest BCUT2D eigenvalue weighted by molar-refractivity contribution is 8.02. The highest BCUT2D eigenvalue weighted by Crippen LogP contribution is 2.31. The van der Waals surface area contributed by atoms with Gasteiger partial charge >= 0.3 is 0 Å². The molecule has 0 aliphatic carbocycles. The van der Waals surface area contributed by atoms with E-state index in [0.29, 0.717) is 12.0 Å². The molecule has 1 fully saturated rings. The molecule has 1 N–H and O–H groups in total. The molecule has 5 nitrogen and oxygen atoms in total. The quantitative estimate of drug-likeness (QED) is 0.751. The van der Waals surface area contributed by atoms with E-state index in [1.165, 1.54) is 29.5 Å². The lowest BCUT2D eigenvalue weighted by Crippen LogP contribution is -2.46. The minimum absolute atomic E-state index is 0.104. The van der Waals surface area contributed by atoms with Gasteiger partial charge in [0.15, 0.2) is 4.34 Å². The van der Waals surface area contributed by atoms with Crippen LogP contribution in [0.4, 0.5) is 5.13 Å². The first kappa shape index (κ1) is 18.5. The number of carbonyl (C=O) groups is 1. The van der Waals surface area contributed by atoms with Crippen molar-refractivity contribution in [3.8, 4) is 0 Å². The van der Waals surface area contributed by atoms with E-state index >= 15 is 0 Å². The van der Waals surface area contributed by atoms with Crippen LogP contribution in [-0.4, -0.2) is 45.4 Å². The van der Waals surface area contributed by atoms with Crippen LogP contribution in [0.2, 0.25) is 0 Å². The summed E-state index contributed by atoms with van der Waals surface area (Å²) in [6.45, 7) is 10.3. The Bertz CT molecular complexity index is 506. The van der Waals surface area contributed by atoms with Gasteiger partial charge in [0.1, 0.15) is 0 Å². The molecule has 1 aromatic heterocycles. The normalized spacial score (nSPS) is 19.9. The molecule has 2 heterocycles. The van der Waals surface area contributed by atoms with Crippen molar-refractivity contribution in [1.82, 2.24) is 15.1 Å². The third-order valence-electron chi connectivity index (χ3n) is 4.07. The Labute approximate surface area is 147 Å². The van der Waals surface area contributed by atoms with Gasteiger partial charge < -0.3 is 10.2 Å². The number of thioether (sulfide) groups is 1. The zero-order valence-electron chi connectivity index (χ0n) is 14.5. The minimum Gasteiger partial charge on any atom is -0.360 e. The molecule has 1 amide bonds. The van der Waals surface area contributed by atoms with Gasteiger partial charge in [-0.2, -0.15) is 0 Å². The van der Waals surface area contributed by atoms with Crippen LogP contribution < -0.4 is 5.32 Å². The summed E-state index contributed by atoms with van der Waals surface area (Å²) in [5.41, 5.74) is 0. The van der Waals surface area contributed by atoms with Crippen molar-refractivity contribution in [3.63, 3.8) is 0 Å². The van der Waals surface area contributed by atoms with Crippen molar-refractivity contribution in [2.45, 2.75) is 69.0 Å². The summed E-state index contributed by atoms with van der Waals surface area (Å²) in [5, 5.41) is 12.4. The monoisotopic (exact) mass is 356 g/mol. The van der Waals surface area contributed by atoms with E-state index in [9.17, 15) is 4.79 Å². The fourth-order valence-corrected chi connectivity index (χ4v) is 4.74. The highest BCUT2D eigenvalue weighted by Gasteiger charge is 2.29. The molecule has 0 radical (unpaired) electrons. The van der Waals surface area contributed by atoms with Gasteiger partial charge in [0.05, 0.1) is 5.25 Å². The molecular formula is C16H28N4OS2. The Morgan fingerprint density at radius 2 is 2.17 bits per heavy atom. The Morgan fingerprint density at radius 3 is 2.87 bits per heavy atom. The zero-order valence-corrected chi connectivity index (χ0v) is 16.2. The van der Waals surface area contributed by atoms with Gasteiger partial charge in [0, 0.05) is 19.1 Å². The fraction of sp³-hybridized carbons (Fsp3) is 0.812. The second kappa shape index (κ2) is 8.87. The molecule has 0 aromatic carbocycles. The van der Waals surface area contributed by atoms with E-state index in [2.05, 4.69) is 41.2 Å². The second-order valence-electron chi connectivity index (χ2n) is 6.50. The fourth-order valence-electron chi connectivity index (χ4n) is 2.77. The van der Waals surface area contributed by atoms with Gasteiger partial charge in [-0.3, -0.25) is 4.79 Å². The molecular weight excluding hydrogens is 328 g/mol. The minimum atomic E-state index is -0.104. The molecule has 1 saturated heterocycles. The second-order valence-corrected chi connectivity index (χ2v) is 9.06. The predicted octanol–water partition coefficient (Wildman–Crippen LogP) is 3.88. The lowest BCUT2D eigenvalue weighted by molar-refractivity contribution is -0.134. The van der Waals surface area contributed by atoms with Crippen molar-refractivity contribution in [2.24, 2.45) is 5.92 Å².